The number of carbonyl (C=O) groups is 1. The Labute approximate surface area is 94.2 Å². The highest BCUT2D eigenvalue weighted by molar-refractivity contribution is 6.31. The zero-order valence-electron chi connectivity index (χ0n) is 8.41. The van der Waals surface area contributed by atoms with Crippen LogP contribution in [0.15, 0.2) is 24.3 Å². The van der Waals surface area contributed by atoms with Gasteiger partial charge in [0.05, 0.1) is 13.2 Å². The summed E-state index contributed by atoms with van der Waals surface area (Å²) in [6.45, 7) is 1.10. The zero-order chi connectivity index (χ0) is 10.7. The highest BCUT2D eigenvalue weighted by atomic mass is 35.5. The van der Waals surface area contributed by atoms with E-state index in [1.165, 1.54) is 0 Å². The third-order valence-electron chi connectivity index (χ3n) is 2.69. The van der Waals surface area contributed by atoms with Crippen LogP contribution in [0.5, 0.6) is 0 Å². The smallest absolute Gasteiger partial charge is 0.140 e. The number of benzene rings is 1. The van der Waals surface area contributed by atoms with Crippen molar-refractivity contribution in [1.82, 2.24) is 0 Å². The van der Waals surface area contributed by atoms with Gasteiger partial charge in [0, 0.05) is 17.4 Å². The lowest BCUT2D eigenvalue weighted by Crippen LogP contribution is -2.29. The van der Waals surface area contributed by atoms with Crippen molar-refractivity contribution in [2.45, 2.75) is 12.8 Å². The Morgan fingerprint density at radius 2 is 2.20 bits per heavy atom. The van der Waals surface area contributed by atoms with Gasteiger partial charge in [-0.15, -0.1) is 0 Å². The predicted molar refractivity (Wildman–Crippen MR) is 59.1 cm³/mol. The maximum Gasteiger partial charge on any atom is 0.140 e. The molecule has 3 heteroatoms. The highest BCUT2D eigenvalue weighted by Gasteiger charge is 2.23. The third-order valence-corrected chi connectivity index (χ3v) is 3.06. The van der Waals surface area contributed by atoms with E-state index in [0.717, 1.165) is 10.6 Å². The Hall–Kier alpha value is -0.860. The largest absolute Gasteiger partial charge is 0.380 e. The first kappa shape index (κ1) is 10.7. The SMILES string of the molecule is O=C1CCOC[C@H]1Cc1ccccc1Cl. The van der Waals surface area contributed by atoms with Crippen LogP contribution in [0.1, 0.15) is 12.0 Å². The Morgan fingerprint density at radius 1 is 1.40 bits per heavy atom. The van der Waals surface area contributed by atoms with Gasteiger partial charge in [0.25, 0.3) is 0 Å². The Bertz CT molecular complexity index is 362. The molecule has 2 nitrogen and oxygen atoms in total. The van der Waals surface area contributed by atoms with E-state index in [4.69, 9.17) is 16.3 Å². The lowest BCUT2D eigenvalue weighted by molar-refractivity contribution is -0.130. The predicted octanol–water partition coefficient (Wildman–Crippen LogP) is 2.49. The average Bonchev–Trinajstić information content (AvgIpc) is 2.24. The van der Waals surface area contributed by atoms with E-state index >= 15 is 0 Å². The van der Waals surface area contributed by atoms with Crippen LogP contribution in [0, 0.1) is 5.92 Å². The van der Waals surface area contributed by atoms with Gasteiger partial charge < -0.3 is 4.74 Å². The topological polar surface area (TPSA) is 26.3 Å². The summed E-state index contributed by atoms with van der Waals surface area (Å²) in [6, 6.07) is 7.65. The Kier molecular flexibility index (Phi) is 3.39. The van der Waals surface area contributed by atoms with Crippen molar-refractivity contribution in [3.63, 3.8) is 0 Å². The summed E-state index contributed by atoms with van der Waals surface area (Å²) in [4.78, 5) is 11.6. The molecule has 1 aliphatic rings. The van der Waals surface area contributed by atoms with Gasteiger partial charge in [0.15, 0.2) is 0 Å². The quantitative estimate of drug-likeness (QED) is 0.772. The van der Waals surface area contributed by atoms with Crippen LogP contribution in [0.2, 0.25) is 5.02 Å². The number of ketones is 1. The van der Waals surface area contributed by atoms with Crippen LogP contribution in [-0.4, -0.2) is 19.0 Å². The third kappa shape index (κ3) is 2.58. The number of rotatable bonds is 2. The summed E-state index contributed by atoms with van der Waals surface area (Å²) in [5.74, 6) is 0.278. The first-order valence-electron chi connectivity index (χ1n) is 5.11. The van der Waals surface area contributed by atoms with Crippen molar-refractivity contribution >= 4 is 17.4 Å². The van der Waals surface area contributed by atoms with E-state index in [0.29, 0.717) is 31.8 Å². The van der Waals surface area contributed by atoms with Gasteiger partial charge in [0.2, 0.25) is 0 Å². The van der Waals surface area contributed by atoms with Gasteiger partial charge in [0.1, 0.15) is 5.78 Å². The number of halogens is 1. The van der Waals surface area contributed by atoms with E-state index < -0.39 is 0 Å². The second-order valence-corrected chi connectivity index (χ2v) is 4.19. The number of Topliss-reactive ketones (excluding diaryl/α,β-unsaturated/α-hetero) is 1. The van der Waals surface area contributed by atoms with E-state index in [1.54, 1.807) is 0 Å². The fraction of sp³-hybridized carbons (Fsp3) is 0.417. The van der Waals surface area contributed by atoms with Crippen LogP contribution >= 0.6 is 11.6 Å². The van der Waals surface area contributed by atoms with Crippen molar-refractivity contribution in [3.8, 4) is 0 Å². The maximum atomic E-state index is 11.6. The van der Waals surface area contributed by atoms with Crippen LogP contribution in [0.25, 0.3) is 0 Å². The molecule has 0 saturated carbocycles. The average molecular weight is 225 g/mol. The molecule has 1 atom stereocenters. The summed E-state index contributed by atoms with van der Waals surface area (Å²) in [5, 5.41) is 0.732. The molecule has 0 aromatic heterocycles. The molecule has 1 fully saturated rings. The lowest BCUT2D eigenvalue weighted by atomic mass is 9.93. The second kappa shape index (κ2) is 4.77. The Balaban J connectivity index is 2.08. The number of hydrogen-bond acceptors (Lipinski definition) is 2. The van der Waals surface area contributed by atoms with Crippen LogP contribution in [-0.2, 0) is 16.0 Å². The molecular weight excluding hydrogens is 212 g/mol. The van der Waals surface area contributed by atoms with Crippen molar-refractivity contribution in [2.75, 3.05) is 13.2 Å². The van der Waals surface area contributed by atoms with E-state index in [2.05, 4.69) is 0 Å². The second-order valence-electron chi connectivity index (χ2n) is 3.78. The monoisotopic (exact) mass is 224 g/mol. The number of carbonyl (C=O) groups excluding carboxylic acids is 1. The molecule has 1 aromatic carbocycles. The van der Waals surface area contributed by atoms with Gasteiger partial charge in [-0.3, -0.25) is 4.79 Å². The van der Waals surface area contributed by atoms with Gasteiger partial charge in [-0.05, 0) is 18.1 Å². The molecule has 15 heavy (non-hydrogen) atoms. The molecule has 0 aliphatic carbocycles. The maximum absolute atomic E-state index is 11.6. The molecule has 2 rings (SSSR count). The minimum atomic E-state index is -0.0151. The molecule has 0 radical (unpaired) electrons. The lowest BCUT2D eigenvalue weighted by Gasteiger charge is -2.21. The van der Waals surface area contributed by atoms with Crippen molar-refractivity contribution in [2.24, 2.45) is 5.92 Å². The summed E-state index contributed by atoms with van der Waals surface area (Å²) in [6.07, 6.45) is 1.23. The fourth-order valence-corrected chi connectivity index (χ4v) is 2.01. The molecule has 1 heterocycles. The van der Waals surface area contributed by atoms with Crippen molar-refractivity contribution in [1.29, 1.82) is 0 Å². The molecule has 0 amide bonds. The van der Waals surface area contributed by atoms with Crippen LogP contribution < -0.4 is 0 Å². The molecule has 1 aliphatic heterocycles. The van der Waals surface area contributed by atoms with Gasteiger partial charge in [-0.1, -0.05) is 29.8 Å². The molecule has 1 aromatic rings. The van der Waals surface area contributed by atoms with Gasteiger partial charge in [-0.25, -0.2) is 0 Å². The van der Waals surface area contributed by atoms with E-state index in [9.17, 15) is 4.79 Å². The summed E-state index contributed by atoms with van der Waals surface area (Å²) in [7, 11) is 0. The summed E-state index contributed by atoms with van der Waals surface area (Å²) < 4.78 is 5.30. The number of ether oxygens (including phenoxy) is 1. The normalized spacial score (nSPS) is 21.7. The summed E-state index contributed by atoms with van der Waals surface area (Å²) in [5.41, 5.74) is 1.03. The van der Waals surface area contributed by atoms with Gasteiger partial charge >= 0.3 is 0 Å². The molecular formula is C12H13ClO2. The molecule has 0 spiro atoms. The van der Waals surface area contributed by atoms with E-state index in [1.807, 2.05) is 24.3 Å². The zero-order valence-corrected chi connectivity index (χ0v) is 9.17. The minimum Gasteiger partial charge on any atom is -0.380 e. The van der Waals surface area contributed by atoms with Crippen LogP contribution in [0.4, 0.5) is 0 Å². The van der Waals surface area contributed by atoms with Gasteiger partial charge in [-0.2, -0.15) is 0 Å². The molecule has 1 saturated heterocycles. The van der Waals surface area contributed by atoms with Crippen LogP contribution in [0.3, 0.4) is 0 Å². The van der Waals surface area contributed by atoms with E-state index in [-0.39, 0.29) is 5.92 Å². The molecule has 0 unspecified atom stereocenters. The minimum absolute atomic E-state index is 0.0151. The summed E-state index contributed by atoms with van der Waals surface area (Å²) >= 11 is 6.04. The Morgan fingerprint density at radius 3 is 2.93 bits per heavy atom. The number of hydrogen-bond donors (Lipinski definition) is 0. The van der Waals surface area contributed by atoms with Crippen molar-refractivity contribution in [3.05, 3.63) is 34.9 Å². The molecule has 80 valence electrons. The standard InChI is InChI=1S/C12H13ClO2/c13-11-4-2-1-3-9(11)7-10-8-15-6-5-12(10)14/h1-4,10H,5-8H2/t10-/m1/s1. The molecule has 0 bridgehead atoms. The van der Waals surface area contributed by atoms with Crippen molar-refractivity contribution < 1.29 is 9.53 Å². The molecule has 0 N–H and O–H groups in total. The highest BCUT2D eigenvalue weighted by Crippen LogP contribution is 2.21. The fourth-order valence-electron chi connectivity index (χ4n) is 1.80. The first-order chi connectivity index (χ1) is 7.27. The first-order valence-corrected chi connectivity index (χ1v) is 5.49.